The Morgan fingerprint density at radius 1 is 1.24 bits per heavy atom. The molecule has 0 saturated carbocycles. The summed E-state index contributed by atoms with van der Waals surface area (Å²) in [6.45, 7) is 4.52. The van der Waals surface area contributed by atoms with Crippen molar-refractivity contribution in [1.29, 1.82) is 0 Å². The molecule has 10 nitrogen and oxygen atoms in total. The lowest BCUT2D eigenvalue weighted by atomic mass is 10.0. The van der Waals surface area contributed by atoms with Gasteiger partial charge in [-0.2, -0.15) is 4.98 Å². The predicted octanol–water partition coefficient (Wildman–Crippen LogP) is 1.94. The number of rotatable bonds is 7. The molecule has 2 N–H and O–H groups in total. The third-order valence-corrected chi connectivity index (χ3v) is 6.40. The highest BCUT2D eigenvalue weighted by Gasteiger charge is 2.36. The van der Waals surface area contributed by atoms with Crippen molar-refractivity contribution >= 4 is 38.5 Å². The number of carbonyl (C=O) groups is 1. The first-order valence-corrected chi connectivity index (χ1v) is 12.7. The Labute approximate surface area is 191 Å². The summed E-state index contributed by atoms with van der Waals surface area (Å²) < 4.78 is 37.0. The zero-order valence-electron chi connectivity index (χ0n) is 18.2. The van der Waals surface area contributed by atoms with Crippen molar-refractivity contribution in [1.82, 2.24) is 14.9 Å². The summed E-state index contributed by atoms with van der Waals surface area (Å²) in [5, 5.41) is 2.80. The molecule has 11 heteroatoms. The van der Waals surface area contributed by atoms with Crippen LogP contribution in [-0.4, -0.2) is 68.3 Å². The summed E-state index contributed by atoms with van der Waals surface area (Å²) in [4.78, 5) is 23.9. The molecule has 174 valence electrons. The number of benzene rings is 1. The Bertz CT molecular complexity index is 1300. The zero-order chi connectivity index (χ0) is 23.0. The number of anilines is 2. The minimum Gasteiger partial charge on any atom is -0.438 e. The molecule has 1 atom stereocenters. The summed E-state index contributed by atoms with van der Waals surface area (Å²) in [7, 11) is -3.44. The van der Waals surface area contributed by atoms with Gasteiger partial charge in [0, 0.05) is 30.7 Å². The van der Waals surface area contributed by atoms with Crippen molar-refractivity contribution in [3.8, 4) is 0 Å². The number of nitrogens with one attached hydrogen (secondary N) is 2. The number of fused-ring (bicyclic) bond motifs is 2. The second kappa shape index (κ2) is 8.73. The van der Waals surface area contributed by atoms with E-state index in [-0.39, 0.29) is 11.8 Å². The van der Waals surface area contributed by atoms with Crippen LogP contribution in [0.1, 0.15) is 29.4 Å². The molecule has 0 spiro atoms. The smallest absolute Gasteiger partial charge is 0.241 e. The third-order valence-electron chi connectivity index (χ3n) is 5.80. The van der Waals surface area contributed by atoms with Gasteiger partial charge < -0.3 is 14.5 Å². The molecule has 1 unspecified atom stereocenters. The molecule has 1 saturated heterocycles. The van der Waals surface area contributed by atoms with Crippen LogP contribution in [-0.2, 0) is 26.0 Å². The Kier molecular flexibility index (Phi) is 5.77. The van der Waals surface area contributed by atoms with Crippen LogP contribution < -0.4 is 10.0 Å². The highest BCUT2D eigenvalue weighted by Crippen LogP contribution is 2.39. The van der Waals surface area contributed by atoms with Crippen LogP contribution in [0.15, 0.2) is 34.9 Å². The number of hydrogen-bond donors (Lipinski definition) is 2. The summed E-state index contributed by atoms with van der Waals surface area (Å²) in [6, 6.07) is 6.80. The Morgan fingerprint density at radius 2 is 2.06 bits per heavy atom. The molecule has 2 aliphatic heterocycles. The summed E-state index contributed by atoms with van der Waals surface area (Å²) in [6.07, 6.45) is 4.74. The first-order chi connectivity index (χ1) is 15.9. The molecule has 1 aromatic carbocycles. The van der Waals surface area contributed by atoms with Crippen LogP contribution in [0.25, 0.3) is 11.2 Å². The van der Waals surface area contributed by atoms with Gasteiger partial charge in [0.05, 0.1) is 19.5 Å². The van der Waals surface area contributed by atoms with Crippen LogP contribution in [0.5, 0.6) is 0 Å². The van der Waals surface area contributed by atoms with E-state index in [0.717, 1.165) is 57.5 Å². The molecule has 1 amide bonds. The van der Waals surface area contributed by atoms with Gasteiger partial charge in [0.25, 0.3) is 0 Å². The van der Waals surface area contributed by atoms with Gasteiger partial charge in [0.1, 0.15) is 5.92 Å². The average molecular weight is 472 g/mol. The zero-order valence-corrected chi connectivity index (χ0v) is 19.0. The standard InChI is InChI=1S/C22H25N5O5S/c1-33(29,30)26-15-4-5-17-16(12-15)19(21(28)24-17)22-25-20-18(32-22)11-14(13-23-20)3-2-6-27-7-9-31-10-8-27/h4-5,11-13,19,26H,2-3,6-10H2,1H3,(H,24,28). The fraction of sp³-hybridized carbons (Fsp3) is 0.409. The minimum atomic E-state index is -3.44. The van der Waals surface area contributed by atoms with Gasteiger partial charge in [0.15, 0.2) is 11.2 Å². The highest BCUT2D eigenvalue weighted by atomic mass is 32.2. The van der Waals surface area contributed by atoms with Gasteiger partial charge in [-0.3, -0.25) is 14.4 Å². The van der Waals surface area contributed by atoms with Crippen molar-refractivity contribution in [3.63, 3.8) is 0 Å². The molecule has 4 heterocycles. The van der Waals surface area contributed by atoms with Gasteiger partial charge in [-0.15, -0.1) is 0 Å². The van der Waals surface area contributed by atoms with E-state index in [2.05, 4.69) is 24.9 Å². The lowest BCUT2D eigenvalue weighted by Gasteiger charge is -2.26. The maximum absolute atomic E-state index is 12.7. The summed E-state index contributed by atoms with van der Waals surface area (Å²) >= 11 is 0. The number of nitrogens with zero attached hydrogens (tertiary/aromatic N) is 3. The van der Waals surface area contributed by atoms with Crippen LogP contribution in [0.2, 0.25) is 0 Å². The van der Waals surface area contributed by atoms with Crippen molar-refractivity contribution in [3.05, 3.63) is 47.5 Å². The van der Waals surface area contributed by atoms with E-state index in [1.807, 2.05) is 6.07 Å². The molecular formula is C22H25N5O5S. The van der Waals surface area contributed by atoms with Crippen LogP contribution >= 0.6 is 0 Å². The molecule has 0 aliphatic carbocycles. The van der Waals surface area contributed by atoms with Crippen molar-refractivity contribution in [2.45, 2.75) is 18.8 Å². The molecule has 1 fully saturated rings. The van der Waals surface area contributed by atoms with E-state index in [4.69, 9.17) is 9.15 Å². The number of morpholine rings is 1. The van der Waals surface area contributed by atoms with Gasteiger partial charge in [-0.05, 0) is 54.8 Å². The number of ether oxygens (including phenoxy) is 1. The number of aromatic nitrogens is 2. The Balaban J connectivity index is 1.35. The molecule has 3 aromatic rings. The minimum absolute atomic E-state index is 0.232. The number of aryl methyl sites for hydroxylation is 1. The lowest BCUT2D eigenvalue weighted by Crippen LogP contribution is -2.36. The van der Waals surface area contributed by atoms with Crippen molar-refractivity contribution in [2.75, 3.05) is 49.1 Å². The summed E-state index contributed by atoms with van der Waals surface area (Å²) in [5.41, 5.74) is 3.59. The quantitative estimate of drug-likeness (QED) is 0.535. The van der Waals surface area contributed by atoms with E-state index in [1.165, 1.54) is 0 Å². The Morgan fingerprint density at radius 3 is 2.85 bits per heavy atom. The van der Waals surface area contributed by atoms with Gasteiger partial charge >= 0.3 is 0 Å². The van der Waals surface area contributed by atoms with Gasteiger partial charge in [-0.25, -0.2) is 13.4 Å². The number of pyridine rings is 1. The Hall–Kier alpha value is -3.02. The molecule has 33 heavy (non-hydrogen) atoms. The second-order valence-corrected chi connectivity index (χ2v) is 10.1. The van der Waals surface area contributed by atoms with Gasteiger partial charge in [-0.1, -0.05) is 0 Å². The molecule has 0 radical (unpaired) electrons. The van der Waals surface area contributed by atoms with E-state index in [0.29, 0.717) is 28.2 Å². The molecule has 5 rings (SSSR count). The average Bonchev–Trinajstić information content (AvgIpc) is 3.32. The normalized spacial score (nSPS) is 18.9. The summed E-state index contributed by atoms with van der Waals surface area (Å²) in [5.74, 6) is -0.824. The number of amides is 1. The second-order valence-electron chi connectivity index (χ2n) is 8.37. The maximum atomic E-state index is 12.7. The number of oxazole rings is 1. The van der Waals surface area contributed by atoms with Crippen LogP contribution in [0.4, 0.5) is 11.4 Å². The van der Waals surface area contributed by atoms with E-state index in [1.54, 1.807) is 24.4 Å². The molecule has 0 bridgehead atoms. The monoisotopic (exact) mass is 471 g/mol. The van der Waals surface area contributed by atoms with Crippen LogP contribution in [0.3, 0.4) is 0 Å². The first-order valence-electron chi connectivity index (χ1n) is 10.8. The predicted molar refractivity (Wildman–Crippen MR) is 123 cm³/mol. The SMILES string of the molecule is CS(=O)(=O)Nc1ccc2c(c1)C(c1nc3ncc(CCCN4CCOCC4)cc3o1)C(=O)N2. The fourth-order valence-electron chi connectivity index (χ4n) is 4.25. The highest BCUT2D eigenvalue weighted by molar-refractivity contribution is 7.92. The largest absolute Gasteiger partial charge is 0.438 e. The topological polar surface area (TPSA) is 127 Å². The van der Waals surface area contributed by atoms with Crippen molar-refractivity contribution < 1.29 is 22.4 Å². The maximum Gasteiger partial charge on any atom is 0.241 e. The molecule has 2 aliphatic rings. The van der Waals surface area contributed by atoms with Crippen LogP contribution in [0, 0.1) is 0 Å². The number of sulfonamides is 1. The van der Waals surface area contributed by atoms with Gasteiger partial charge in [0.2, 0.25) is 21.8 Å². The van der Waals surface area contributed by atoms with E-state index >= 15 is 0 Å². The van der Waals surface area contributed by atoms with E-state index < -0.39 is 15.9 Å². The van der Waals surface area contributed by atoms with E-state index in [9.17, 15) is 13.2 Å². The molecular weight excluding hydrogens is 446 g/mol. The lowest BCUT2D eigenvalue weighted by molar-refractivity contribution is -0.116. The third kappa shape index (κ3) is 4.85. The number of carbonyl (C=O) groups excluding carboxylic acids is 1. The first kappa shape index (κ1) is 21.8. The number of hydrogen-bond acceptors (Lipinski definition) is 8. The van der Waals surface area contributed by atoms with Crippen molar-refractivity contribution in [2.24, 2.45) is 0 Å². The fourth-order valence-corrected chi connectivity index (χ4v) is 4.81. The molecule has 2 aromatic heterocycles.